The van der Waals surface area contributed by atoms with E-state index in [0.717, 1.165) is 11.1 Å². The zero-order valence-corrected chi connectivity index (χ0v) is 14.2. The van der Waals surface area contributed by atoms with Gasteiger partial charge >= 0.3 is 5.69 Å². The molecule has 6 nitrogen and oxygen atoms in total. The number of aromatic amines is 1. The predicted octanol–water partition coefficient (Wildman–Crippen LogP) is 3.58. The molecule has 2 N–H and O–H groups in total. The maximum atomic E-state index is 13.4. The number of hydrogen-bond acceptors (Lipinski definition) is 4. The molecule has 26 heavy (non-hydrogen) atoms. The minimum Gasteiger partial charge on any atom is -0.325 e. The van der Waals surface area contributed by atoms with Crippen molar-refractivity contribution >= 4 is 17.3 Å². The lowest BCUT2D eigenvalue weighted by atomic mass is 10.1. The summed E-state index contributed by atoms with van der Waals surface area (Å²) in [6.45, 7) is 3.78. The predicted molar refractivity (Wildman–Crippen MR) is 98.2 cm³/mol. The highest BCUT2D eigenvalue weighted by Gasteiger charge is 2.13. The Labute approximate surface area is 148 Å². The first-order chi connectivity index (χ1) is 12.5. The Morgan fingerprint density at radius 2 is 1.96 bits per heavy atom. The Morgan fingerprint density at radius 3 is 2.73 bits per heavy atom. The highest BCUT2D eigenvalue weighted by atomic mass is 19.1. The van der Waals surface area contributed by atoms with Gasteiger partial charge < -0.3 is 5.32 Å². The van der Waals surface area contributed by atoms with Crippen LogP contribution in [0.3, 0.4) is 0 Å². The zero-order chi connectivity index (χ0) is 18.3. The number of fused-ring (bicyclic) bond motifs is 1. The molecule has 4 rings (SSSR count). The van der Waals surface area contributed by atoms with Crippen molar-refractivity contribution in [3.8, 4) is 11.3 Å². The van der Waals surface area contributed by atoms with E-state index in [2.05, 4.69) is 20.5 Å². The van der Waals surface area contributed by atoms with Crippen molar-refractivity contribution in [1.82, 2.24) is 19.6 Å². The standard InChI is InChI=1S/C19H16FN5O/c1-11-4-3-5-13(8-11)16-10-17-23-24-19(26)25(17)18(22-16)21-15-7-6-14(20)9-12(15)2/h3-10H,1-2H3,(H,21,22)(H,24,26). The van der Waals surface area contributed by atoms with Gasteiger partial charge in [-0.2, -0.15) is 5.10 Å². The molecule has 0 radical (unpaired) electrons. The molecule has 0 unspecified atom stereocenters. The molecule has 4 aromatic rings. The quantitative estimate of drug-likeness (QED) is 0.593. The number of anilines is 2. The molecule has 0 amide bonds. The van der Waals surface area contributed by atoms with E-state index < -0.39 is 5.69 Å². The zero-order valence-electron chi connectivity index (χ0n) is 14.2. The second kappa shape index (κ2) is 6.11. The van der Waals surface area contributed by atoms with Crippen molar-refractivity contribution in [3.05, 3.63) is 76.0 Å². The maximum absolute atomic E-state index is 13.4. The smallest absolute Gasteiger partial charge is 0.325 e. The van der Waals surface area contributed by atoms with Gasteiger partial charge in [-0.25, -0.2) is 23.7 Å². The van der Waals surface area contributed by atoms with E-state index in [4.69, 9.17) is 0 Å². The largest absolute Gasteiger partial charge is 0.350 e. The van der Waals surface area contributed by atoms with E-state index in [-0.39, 0.29) is 5.82 Å². The number of benzene rings is 2. The molecule has 7 heteroatoms. The average molecular weight is 349 g/mol. The second-order valence-corrected chi connectivity index (χ2v) is 6.14. The van der Waals surface area contributed by atoms with Crippen LogP contribution in [0.1, 0.15) is 11.1 Å². The van der Waals surface area contributed by atoms with Crippen LogP contribution in [0.25, 0.3) is 16.9 Å². The van der Waals surface area contributed by atoms with Crippen molar-refractivity contribution in [2.45, 2.75) is 13.8 Å². The second-order valence-electron chi connectivity index (χ2n) is 6.14. The van der Waals surface area contributed by atoms with Crippen LogP contribution in [0.2, 0.25) is 0 Å². The Balaban J connectivity index is 1.89. The molecule has 0 aliphatic carbocycles. The molecular weight excluding hydrogens is 333 g/mol. The van der Waals surface area contributed by atoms with Gasteiger partial charge in [0.1, 0.15) is 5.82 Å². The summed E-state index contributed by atoms with van der Waals surface area (Å²) in [4.78, 5) is 16.7. The number of H-pyrrole nitrogens is 1. The highest BCUT2D eigenvalue weighted by Crippen LogP contribution is 2.24. The lowest BCUT2D eigenvalue weighted by molar-refractivity contribution is 0.627. The Kier molecular flexibility index (Phi) is 3.76. The number of aromatic nitrogens is 4. The SMILES string of the molecule is Cc1cccc(-c2cc3n[nH]c(=O)n3c(Nc3ccc(F)cc3C)n2)c1. The minimum absolute atomic E-state index is 0.312. The van der Waals surface area contributed by atoms with Crippen LogP contribution < -0.4 is 11.0 Å². The fraction of sp³-hybridized carbons (Fsp3) is 0.105. The van der Waals surface area contributed by atoms with Gasteiger partial charge in [0.15, 0.2) is 5.65 Å². The van der Waals surface area contributed by atoms with E-state index >= 15 is 0 Å². The molecule has 2 heterocycles. The third-order valence-corrected chi connectivity index (χ3v) is 4.15. The molecule has 0 fully saturated rings. The summed E-state index contributed by atoms with van der Waals surface area (Å²) in [5, 5.41) is 9.60. The van der Waals surface area contributed by atoms with Gasteiger partial charge in [-0.1, -0.05) is 23.8 Å². The monoisotopic (exact) mass is 349 g/mol. The molecule has 130 valence electrons. The van der Waals surface area contributed by atoms with Gasteiger partial charge in [-0.05, 0) is 43.7 Å². The first kappa shape index (κ1) is 16.0. The van der Waals surface area contributed by atoms with Gasteiger partial charge in [-0.15, -0.1) is 0 Å². The number of rotatable bonds is 3. The van der Waals surface area contributed by atoms with Crippen LogP contribution in [0.4, 0.5) is 16.0 Å². The number of halogens is 1. The third kappa shape index (κ3) is 2.83. The summed E-state index contributed by atoms with van der Waals surface area (Å²) in [7, 11) is 0. The van der Waals surface area contributed by atoms with Crippen LogP contribution >= 0.6 is 0 Å². The number of nitrogens with one attached hydrogen (secondary N) is 2. The summed E-state index contributed by atoms with van der Waals surface area (Å²) in [5.41, 5.74) is 4.12. The average Bonchev–Trinajstić information content (AvgIpc) is 2.99. The van der Waals surface area contributed by atoms with Gasteiger partial charge in [0.2, 0.25) is 5.95 Å². The molecular formula is C19H16FN5O. The van der Waals surface area contributed by atoms with Crippen LogP contribution in [0.15, 0.2) is 53.3 Å². The molecule has 0 atom stereocenters. The topological polar surface area (TPSA) is 75.1 Å². The molecule has 2 aromatic carbocycles. The summed E-state index contributed by atoms with van der Waals surface area (Å²) < 4.78 is 14.7. The molecule has 0 aliphatic rings. The number of aryl methyl sites for hydroxylation is 2. The van der Waals surface area contributed by atoms with Crippen molar-refractivity contribution < 1.29 is 4.39 Å². The van der Waals surface area contributed by atoms with E-state index in [0.29, 0.717) is 28.5 Å². The normalized spacial score (nSPS) is 11.0. The first-order valence-electron chi connectivity index (χ1n) is 8.10. The van der Waals surface area contributed by atoms with Gasteiger partial charge in [0, 0.05) is 17.3 Å². The summed E-state index contributed by atoms with van der Waals surface area (Å²) in [6, 6.07) is 14.0. The van der Waals surface area contributed by atoms with Crippen molar-refractivity contribution in [2.75, 3.05) is 5.32 Å². The molecule has 0 aliphatic heterocycles. The van der Waals surface area contributed by atoms with Gasteiger partial charge in [-0.3, -0.25) is 0 Å². The molecule has 0 bridgehead atoms. The van der Waals surface area contributed by atoms with E-state index in [1.807, 2.05) is 31.2 Å². The van der Waals surface area contributed by atoms with E-state index in [1.54, 1.807) is 19.1 Å². The van der Waals surface area contributed by atoms with Crippen LogP contribution in [0.5, 0.6) is 0 Å². The van der Waals surface area contributed by atoms with E-state index in [9.17, 15) is 9.18 Å². The highest BCUT2D eigenvalue weighted by molar-refractivity contribution is 5.68. The lowest BCUT2D eigenvalue weighted by Gasteiger charge is -2.12. The Bertz CT molecular complexity index is 1180. The van der Waals surface area contributed by atoms with Gasteiger partial charge in [0.05, 0.1) is 5.69 Å². The Morgan fingerprint density at radius 1 is 1.12 bits per heavy atom. The molecule has 0 spiro atoms. The lowest BCUT2D eigenvalue weighted by Crippen LogP contribution is -2.15. The number of hydrogen-bond donors (Lipinski definition) is 2. The fourth-order valence-electron chi connectivity index (χ4n) is 2.85. The Hall–Kier alpha value is -3.48. The number of nitrogens with zero attached hydrogens (tertiary/aromatic N) is 3. The van der Waals surface area contributed by atoms with Crippen molar-refractivity contribution in [2.24, 2.45) is 0 Å². The maximum Gasteiger partial charge on any atom is 0.350 e. The molecule has 2 aromatic heterocycles. The molecule has 0 saturated carbocycles. The molecule has 0 saturated heterocycles. The first-order valence-corrected chi connectivity index (χ1v) is 8.10. The fourth-order valence-corrected chi connectivity index (χ4v) is 2.85. The van der Waals surface area contributed by atoms with Crippen LogP contribution in [0, 0.1) is 19.7 Å². The van der Waals surface area contributed by atoms with Crippen molar-refractivity contribution in [3.63, 3.8) is 0 Å². The van der Waals surface area contributed by atoms with Crippen LogP contribution in [-0.2, 0) is 0 Å². The summed E-state index contributed by atoms with van der Waals surface area (Å²) in [5.74, 6) is -0.00684. The van der Waals surface area contributed by atoms with Crippen LogP contribution in [-0.4, -0.2) is 19.6 Å². The summed E-state index contributed by atoms with van der Waals surface area (Å²) >= 11 is 0. The van der Waals surface area contributed by atoms with Gasteiger partial charge in [0.25, 0.3) is 0 Å². The third-order valence-electron chi connectivity index (χ3n) is 4.15. The van der Waals surface area contributed by atoms with E-state index in [1.165, 1.54) is 16.5 Å². The van der Waals surface area contributed by atoms with Crippen molar-refractivity contribution in [1.29, 1.82) is 0 Å². The summed E-state index contributed by atoms with van der Waals surface area (Å²) in [6.07, 6.45) is 0. The minimum atomic E-state index is -0.398.